The molecule has 1 saturated heterocycles. The molecule has 1 aromatic heterocycles. The average Bonchev–Trinajstić information content (AvgIpc) is 2.40. The van der Waals surface area contributed by atoms with Crippen molar-refractivity contribution in [2.75, 3.05) is 42.5 Å². The van der Waals surface area contributed by atoms with Crippen LogP contribution in [0.1, 0.15) is 20.8 Å². The second-order valence-corrected chi connectivity index (χ2v) is 6.08. The van der Waals surface area contributed by atoms with Crippen LogP contribution in [0.4, 0.5) is 22.0 Å². The molecule has 116 valence electrons. The van der Waals surface area contributed by atoms with E-state index in [1.807, 2.05) is 26.8 Å². The molecule has 1 fully saturated rings. The van der Waals surface area contributed by atoms with Crippen LogP contribution in [0.15, 0.2) is 12.3 Å². The van der Waals surface area contributed by atoms with E-state index in [-0.39, 0.29) is 6.09 Å². The van der Waals surface area contributed by atoms with Gasteiger partial charge in [0.05, 0.1) is 11.4 Å². The fourth-order valence-corrected chi connectivity index (χ4v) is 2.21. The SMILES string of the molecule is CC(C)(C)OC(=O)N1CCN(c2ccnc(N)c2N)CC1. The predicted molar refractivity (Wildman–Crippen MR) is 83.1 cm³/mol. The topological polar surface area (TPSA) is 97.7 Å². The van der Waals surface area contributed by atoms with Crippen molar-refractivity contribution in [2.45, 2.75) is 26.4 Å². The van der Waals surface area contributed by atoms with Crippen molar-refractivity contribution in [3.8, 4) is 0 Å². The van der Waals surface area contributed by atoms with Crippen molar-refractivity contribution in [2.24, 2.45) is 0 Å². The van der Waals surface area contributed by atoms with E-state index < -0.39 is 5.60 Å². The normalized spacial score (nSPS) is 16.0. The molecule has 21 heavy (non-hydrogen) atoms. The van der Waals surface area contributed by atoms with Gasteiger partial charge in [-0.05, 0) is 26.8 Å². The molecule has 2 rings (SSSR count). The van der Waals surface area contributed by atoms with Crippen molar-refractivity contribution in [3.63, 3.8) is 0 Å². The Bertz CT molecular complexity index is 519. The van der Waals surface area contributed by atoms with Gasteiger partial charge in [0.25, 0.3) is 0 Å². The Morgan fingerprint density at radius 1 is 1.24 bits per heavy atom. The lowest BCUT2D eigenvalue weighted by atomic mass is 10.2. The Labute approximate surface area is 124 Å². The maximum absolute atomic E-state index is 12.0. The molecule has 0 saturated carbocycles. The molecule has 0 aliphatic carbocycles. The maximum atomic E-state index is 12.0. The smallest absolute Gasteiger partial charge is 0.410 e. The van der Waals surface area contributed by atoms with Crippen molar-refractivity contribution in [3.05, 3.63) is 12.3 Å². The van der Waals surface area contributed by atoms with E-state index in [1.165, 1.54) is 0 Å². The Balaban J connectivity index is 1.97. The number of piperazine rings is 1. The van der Waals surface area contributed by atoms with Gasteiger partial charge >= 0.3 is 6.09 Å². The van der Waals surface area contributed by atoms with Crippen LogP contribution in [0.3, 0.4) is 0 Å². The minimum Gasteiger partial charge on any atom is -0.444 e. The zero-order valence-corrected chi connectivity index (χ0v) is 12.8. The molecule has 1 amide bonds. The lowest BCUT2D eigenvalue weighted by Crippen LogP contribution is -2.50. The second kappa shape index (κ2) is 5.67. The van der Waals surface area contributed by atoms with Gasteiger partial charge in [-0.3, -0.25) is 0 Å². The number of aromatic nitrogens is 1. The summed E-state index contributed by atoms with van der Waals surface area (Å²) in [6.45, 7) is 8.15. The number of carbonyl (C=O) groups is 1. The predicted octanol–water partition coefficient (Wildman–Crippen LogP) is 1.30. The zero-order chi connectivity index (χ0) is 15.6. The third kappa shape index (κ3) is 3.68. The standard InChI is InChI=1S/C14H23N5O2/c1-14(2,3)21-13(20)19-8-6-18(7-9-19)10-4-5-17-12(16)11(10)15/h4-5H,6-9,15H2,1-3H3,(H2,16,17). The van der Waals surface area contributed by atoms with Crippen LogP contribution in [0.5, 0.6) is 0 Å². The number of nitrogens with two attached hydrogens (primary N) is 2. The summed E-state index contributed by atoms with van der Waals surface area (Å²) < 4.78 is 5.37. The summed E-state index contributed by atoms with van der Waals surface area (Å²) in [5, 5.41) is 0. The zero-order valence-electron chi connectivity index (χ0n) is 12.8. The molecule has 7 heteroatoms. The van der Waals surface area contributed by atoms with Crippen molar-refractivity contribution < 1.29 is 9.53 Å². The van der Waals surface area contributed by atoms with E-state index in [4.69, 9.17) is 16.2 Å². The number of amides is 1. The lowest BCUT2D eigenvalue weighted by Gasteiger charge is -2.37. The van der Waals surface area contributed by atoms with Gasteiger partial charge in [0.15, 0.2) is 0 Å². The summed E-state index contributed by atoms with van der Waals surface area (Å²) >= 11 is 0. The molecule has 0 radical (unpaired) electrons. The summed E-state index contributed by atoms with van der Waals surface area (Å²) in [5.41, 5.74) is 12.6. The summed E-state index contributed by atoms with van der Waals surface area (Å²) in [4.78, 5) is 19.8. The number of rotatable bonds is 1. The summed E-state index contributed by atoms with van der Waals surface area (Å²) in [6.07, 6.45) is 1.37. The molecule has 0 aromatic carbocycles. The van der Waals surface area contributed by atoms with E-state index in [0.717, 1.165) is 5.69 Å². The van der Waals surface area contributed by atoms with Crippen molar-refractivity contribution >= 4 is 23.3 Å². The first kappa shape index (κ1) is 15.2. The minimum absolute atomic E-state index is 0.274. The van der Waals surface area contributed by atoms with Gasteiger partial charge in [0.2, 0.25) is 0 Å². The first-order valence-corrected chi connectivity index (χ1v) is 7.01. The molecule has 7 nitrogen and oxygen atoms in total. The van der Waals surface area contributed by atoms with E-state index >= 15 is 0 Å². The van der Waals surface area contributed by atoms with Crippen LogP contribution in [0.2, 0.25) is 0 Å². The van der Waals surface area contributed by atoms with Gasteiger partial charge in [-0.2, -0.15) is 0 Å². The molecular formula is C14H23N5O2. The quantitative estimate of drug-likeness (QED) is 0.810. The fraction of sp³-hybridized carbons (Fsp3) is 0.571. The molecule has 1 aliphatic rings. The molecule has 0 bridgehead atoms. The fourth-order valence-electron chi connectivity index (χ4n) is 2.21. The highest BCUT2D eigenvalue weighted by Gasteiger charge is 2.26. The highest BCUT2D eigenvalue weighted by atomic mass is 16.6. The Morgan fingerprint density at radius 3 is 2.43 bits per heavy atom. The third-order valence-electron chi connectivity index (χ3n) is 3.27. The van der Waals surface area contributed by atoms with Crippen LogP contribution in [0.25, 0.3) is 0 Å². The van der Waals surface area contributed by atoms with Crippen molar-refractivity contribution in [1.82, 2.24) is 9.88 Å². The lowest BCUT2D eigenvalue weighted by molar-refractivity contribution is 0.0240. The number of hydrogen-bond donors (Lipinski definition) is 2. The Kier molecular flexibility index (Phi) is 4.11. The molecular weight excluding hydrogens is 270 g/mol. The largest absolute Gasteiger partial charge is 0.444 e. The number of anilines is 3. The maximum Gasteiger partial charge on any atom is 0.410 e. The monoisotopic (exact) mass is 293 g/mol. The van der Waals surface area contributed by atoms with Crippen LogP contribution in [-0.4, -0.2) is 47.8 Å². The van der Waals surface area contributed by atoms with Gasteiger partial charge in [0.1, 0.15) is 11.4 Å². The van der Waals surface area contributed by atoms with Gasteiger partial charge in [-0.1, -0.05) is 0 Å². The summed E-state index contributed by atoms with van der Waals surface area (Å²) in [6, 6.07) is 1.84. The van der Waals surface area contributed by atoms with E-state index in [2.05, 4.69) is 9.88 Å². The number of pyridine rings is 1. The van der Waals surface area contributed by atoms with Crippen LogP contribution >= 0.6 is 0 Å². The minimum atomic E-state index is -0.474. The van der Waals surface area contributed by atoms with Crippen LogP contribution in [-0.2, 0) is 4.74 Å². The van der Waals surface area contributed by atoms with Gasteiger partial charge < -0.3 is 26.0 Å². The van der Waals surface area contributed by atoms with Crippen LogP contribution < -0.4 is 16.4 Å². The highest BCUT2D eigenvalue weighted by molar-refractivity contribution is 5.77. The van der Waals surface area contributed by atoms with Gasteiger partial charge in [-0.25, -0.2) is 9.78 Å². The van der Waals surface area contributed by atoms with E-state index in [1.54, 1.807) is 11.1 Å². The molecule has 0 atom stereocenters. The van der Waals surface area contributed by atoms with Gasteiger partial charge in [-0.15, -0.1) is 0 Å². The number of nitrogen functional groups attached to an aromatic ring is 2. The van der Waals surface area contributed by atoms with Crippen LogP contribution in [0, 0.1) is 0 Å². The summed E-state index contributed by atoms with van der Waals surface area (Å²) in [5.74, 6) is 0.335. The molecule has 1 aliphatic heterocycles. The molecule has 2 heterocycles. The van der Waals surface area contributed by atoms with Gasteiger partial charge in [0, 0.05) is 32.4 Å². The van der Waals surface area contributed by atoms with E-state index in [9.17, 15) is 4.79 Å². The number of hydrogen-bond acceptors (Lipinski definition) is 6. The second-order valence-electron chi connectivity index (χ2n) is 6.08. The highest BCUT2D eigenvalue weighted by Crippen LogP contribution is 2.27. The summed E-state index contributed by atoms with van der Waals surface area (Å²) in [7, 11) is 0. The molecule has 1 aromatic rings. The Hall–Kier alpha value is -2.18. The number of carbonyl (C=O) groups excluding carboxylic acids is 1. The number of nitrogens with zero attached hydrogens (tertiary/aromatic N) is 3. The average molecular weight is 293 g/mol. The first-order chi connectivity index (χ1) is 9.78. The molecule has 4 N–H and O–H groups in total. The Morgan fingerprint density at radius 2 is 1.86 bits per heavy atom. The number of ether oxygens (including phenoxy) is 1. The first-order valence-electron chi connectivity index (χ1n) is 7.01. The van der Waals surface area contributed by atoms with Crippen molar-refractivity contribution in [1.29, 1.82) is 0 Å². The molecule has 0 spiro atoms. The third-order valence-corrected chi connectivity index (χ3v) is 3.27. The van der Waals surface area contributed by atoms with E-state index in [0.29, 0.717) is 37.7 Å². The molecule has 0 unspecified atom stereocenters.